The highest BCUT2D eigenvalue weighted by molar-refractivity contribution is 6.03. The van der Waals surface area contributed by atoms with Crippen LogP contribution in [0.2, 0.25) is 0 Å². The summed E-state index contributed by atoms with van der Waals surface area (Å²) in [6.45, 7) is 0. The first-order valence-corrected chi connectivity index (χ1v) is 20.8. The average molecular weight is 745 g/mol. The Balaban J connectivity index is 1.03. The number of rotatable bonds is 5. The van der Waals surface area contributed by atoms with Gasteiger partial charge in [-0.25, -0.2) is 15.0 Å². The van der Waals surface area contributed by atoms with Crippen LogP contribution in [0, 0.1) is 35.0 Å². The summed E-state index contributed by atoms with van der Waals surface area (Å²) in [5.74, 6) is 4.85. The summed E-state index contributed by atoms with van der Waals surface area (Å²) < 4.78 is 0. The molecular formula is C54H40N4. The molecule has 0 N–H and O–H groups in total. The molecule has 0 saturated heterocycles. The van der Waals surface area contributed by atoms with Crippen molar-refractivity contribution in [2.75, 3.05) is 0 Å². The highest BCUT2D eigenvalue weighted by atomic mass is 15.0. The fraction of sp³-hybridized carbons (Fsp3) is 0.185. The molecule has 0 aliphatic heterocycles. The minimum atomic E-state index is -0.0810. The van der Waals surface area contributed by atoms with Gasteiger partial charge in [0.05, 0.1) is 11.6 Å². The molecule has 1 spiro atoms. The van der Waals surface area contributed by atoms with Crippen molar-refractivity contribution in [3.05, 3.63) is 174 Å². The molecule has 5 aliphatic carbocycles. The van der Waals surface area contributed by atoms with Gasteiger partial charge in [-0.3, -0.25) is 0 Å². The fourth-order valence-corrected chi connectivity index (χ4v) is 12.1. The molecule has 1 aromatic heterocycles. The van der Waals surface area contributed by atoms with Crippen molar-refractivity contribution in [2.24, 2.45) is 23.7 Å². The number of nitriles is 1. The molecule has 4 nitrogen and oxygen atoms in total. The van der Waals surface area contributed by atoms with Gasteiger partial charge >= 0.3 is 0 Å². The average Bonchev–Trinajstić information content (AvgIpc) is 3.59. The zero-order chi connectivity index (χ0) is 38.4. The maximum atomic E-state index is 10.1. The van der Waals surface area contributed by atoms with Gasteiger partial charge in [0.2, 0.25) is 0 Å². The van der Waals surface area contributed by atoms with Crippen LogP contribution >= 0.6 is 0 Å². The Morgan fingerprint density at radius 3 is 1.40 bits per heavy atom. The van der Waals surface area contributed by atoms with Crippen molar-refractivity contribution in [1.29, 1.82) is 5.26 Å². The van der Waals surface area contributed by atoms with Crippen molar-refractivity contribution >= 4 is 10.8 Å². The van der Waals surface area contributed by atoms with Crippen LogP contribution in [-0.2, 0) is 5.41 Å². The smallest absolute Gasteiger partial charge is 0.164 e. The number of hydrogen-bond donors (Lipinski definition) is 0. The Morgan fingerprint density at radius 1 is 0.397 bits per heavy atom. The molecule has 4 saturated carbocycles. The number of benzene rings is 7. The number of nitrogens with zero attached hydrogens (tertiary/aromatic N) is 4. The molecule has 58 heavy (non-hydrogen) atoms. The summed E-state index contributed by atoms with van der Waals surface area (Å²) in [5.41, 5.74) is 14.5. The van der Waals surface area contributed by atoms with Crippen LogP contribution in [0.1, 0.15) is 48.8 Å². The number of aromatic nitrogens is 3. The van der Waals surface area contributed by atoms with Crippen LogP contribution < -0.4 is 0 Å². The van der Waals surface area contributed by atoms with E-state index in [0.717, 1.165) is 44.9 Å². The largest absolute Gasteiger partial charge is 0.208 e. The molecule has 13 rings (SSSR count). The zero-order valence-electron chi connectivity index (χ0n) is 32.1. The molecule has 8 aromatic rings. The van der Waals surface area contributed by atoms with E-state index in [1.165, 1.54) is 76.6 Å². The summed E-state index contributed by atoms with van der Waals surface area (Å²) in [4.78, 5) is 15.0. The lowest BCUT2D eigenvalue weighted by Gasteiger charge is -2.61. The fourth-order valence-electron chi connectivity index (χ4n) is 12.1. The third-order valence-corrected chi connectivity index (χ3v) is 14.2. The van der Waals surface area contributed by atoms with Crippen LogP contribution in [-0.4, -0.2) is 15.0 Å². The normalized spacial score (nSPS) is 22.2. The van der Waals surface area contributed by atoms with Crippen LogP contribution in [0.4, 0.5) is 0 Å². The third-order valence-electron chi connectivity index (χ3n) is 14.2. The Bertz CT molecular complexity index is 2880. The van der Waals surface area contributed by atoms with E-state index in [2.05, 4.69) is 121 Å². The van der Waals surface area contributed by atoms with Gasteiger partial charge in [-0.15, -0.1) is 0 Å². The second kappa shape index (κ2) is 12.9. The van der Waals surface area contributed by atoms with Gasteiger partial charge in [-0.1, -0.05) is 152 Å². The van der Waals surface area contributed by atoms with Gasteiger partial charge in [0.15, 0.2) is 17.5 Å². The number of hydrogen-bond acceptors (Lipinski definition) is 4. The molecule has 1 heterocycles. The van der Waals surface area contributed by atoms with Gasteiger partial charge in [-0.05, 0) is 112 Å². The van der Waals surface area contributed by atoms with Crippen molar-refractivity contribution < 1.29 is 0 Å². The molecule has 0 radical (unpaired) electrons. The quantitative estimate of drug-likeness (QED) is 0.176. The van der Waals surface area contributed by atoms with Crippen LogP contribution in [0.5, 0.6) is 0 Å². The first-order chi connectivity index (χ1) is 28.7. The first-order valence-electron chi connectivity index (χ1n) is 20.8. The van der Waals surface area contributed by atoms with Crippen LogP contribution in [0.25, 0.3) is 78.3 Å². The molecule has 0 amide bonds. The van der Waals surface area contributed by atoms with E-state index in [4.69, 9.17) is 15.0 Å². The zero-order valence-corrected chi connectivity index (χ0v) is 32.1. The van der Waals surface area contributed by atoms with Crippen LogP contribution in [0.15, 0.2) is 158 Å². The molecule has 7 aromatic carbocycles. The van der Waals surface area contributed by atoms with Crippen molar-refractivity contribution in [1.82, 2.24) is 15.0 Å². The Labute approximate surface area is 338 Å². The SMILES string of the molecule is N#Cc1ccc(-c2cccc3c2C2(c4c(-c5ccc(-c6nc(-c7ccccc7)nc(-c7ccccc7)n6)cc5)cccc4-3)C3CC4CC(C3)CC2C4)c2ccccc12. The Kier molecular flexibility index (Phi) is 7.45. The number of fused-ring (bicyclic) bond motifs is 4. The van der Waals surface area contributed by atoms with E-state index in [1.54, 1.807) is 0 Å². The van der Waals surface area contributed by atoms with Crippen molar-refractivity contribution in [3.63, 3.8) is 0 Å². The maximum Gasteiger partial charge on any atom is 0.164 e. The Morgan fingerprint density at radius 2 is 0.845 bits per heavy atom. The lowest BCUT2D eigenvalue weighted by atomic mass is 9.42. The van der Waals surface area contributed by atoms with E-state index in [1.807, 2.05) is 42.5 Å². The highest BCUT2D eigenvalue weighted by Gasteiger charge is 2.62. The summed E-state index contributed by atoms with van der Waals surface area (Å²) in [6.07, 6.45) is 6.61. The van der Waals surface area contributed by atoms with Crippen molar-refractivity contribution in [3.8, 4) is 73.6 Å². The van der Waals surface area contributed by atoms with Gasteiger partial charge in [0.1, 0.15) is 0 Å². The predicted octanol–water partition coefficient (Wildman–Crippen LogP) is 13.0. The molecular weight excluding hydrogens is 705 g/mol. The lowest BCUT2D eigenvalue weighted by Crippen LogP contribution is -2.55. The molecule has 0 unspecified atom stereocenters. The second-order valence-corrected chi connectivity index (χ2v) is 17.1. The summed E-state index contributed by atoms with van der Waals surface area (Å²) in [7, 11) is 0. The lowest BCUT2D eigenvalue weighted by molar-refractivity contribution is -0.0395. The van der Waals surface area contributed by atoms with E-state index in [9.17, 15) is 5.26 Å². The third kappa shape index (κ3) is 4.89. The molecule has 5 aliphatic rings. The summed E-state index contributed by atoms with van der Waals surface area (Å²) in [5, 5.41) is 12.3. The van der Waals surface area contributed by atoms with E-state index in [0.29, 0.717) is 29.3 Å². The monoisotopic (exact) mass is 744 g/mol. The minimum absolute atomic E-state index is 0.0810. The second-order valence-electron chi connectivity index (χ2n) is 17.1. The van der Waals surface area contributed by atoms with Gasteiger partial charge < -0.3 is 0 Å². The topological polar surface area (TPSA) is 62.5 Å². The minimum Gasteiger partial charge on any atom is -0.208 e. The molecule has 4 heteroatoms. The summed E-state index contributed by atoms with van der Waals surface area (Å²) in [6, 6.07) is 58.7. The van der Waals surface area contributed by atoms with Gasteiger partial charge in [0, 0.05) is 27.5 Å². The standard InChI is InChI=1S/C54H40N4/c55-32-39-25-26-45(44-16-8-7-15-42(39)44)46-18-10-20-48-47-19-9-17-43(49(47)54(50(46)48)40-28-33-27-34(30-40)31-41(54)29-33)35-21-23-38(24-22-35)53-57-51(36-11-3-1-4-12-36)56-52(58-53)37-13-5-2-6-14-37/h1-26,33-34,40-41H,27-31H2. The van der Waals surface area contributed by atoms with E-state index >= 15 is 0 Å². The van der Waals surface area contributed by atoms with Gasteiger partial charge in [-0.2, -0.15) is 5.26 Å². The Hall–Kier alpha value is -6.70. The summed E-state index contributed by atoms with van der Waals surface area (Å²) >= 11 is 0. The maximum absolute atomic E-state index is 10.1. The highest BCUT2D eigenvalue weighted by Crippen LogP contribution is 2.71. The van der Waals surface area contributed by atoms with Gasteiger partial charge in [0.25, 0.3) is 0 Å². The van der Waals surface area contributed by atoms with E-state index in [-0.39, 0.29) is 5.41 Å². The van der Waals surface area contributed by atoms with Crippen molar-refractivity contribution in [2.45, 2.75) is 37.5 Å². The first kappa shape index (κ1) is 33.4. The molecule has 0 atom stereocenters. The molecule has 4 bridgehead atoms. The molecule has 4 fully saturated rings. The van der Waals surface area contributed by atoms with E-state index < -0.39 is 0 Å². The predicted molar refractivity (Wildman–Crippen MR) is 232 cm³/mol. The molecule has 276 valence electrons. The van der Waals surface area contributed by atoms with Crippen LogP contribution in [0.3, 0.4) is 0 Å².